The van der Waals surface area contributed by atoms with Crippen LogP contribution in [0.15, 0.2) is 23.8 Å². The molecule has 3 atom stereocenters. The predicted molar refractivity (Wildman–Crippen MR) is 48.3 cm³/mol. The van der Waals surface area contributed by atoms with Crippen LogP contribution in [0.5, 0.6) is 0 Å². The van der Waals surface area contributed by atoms with Gasteiger partial charge in [-0.2, -0.15) is 0 Å². The van der Waals surface area contributed by atoms with E-state index in [0.717, 1.165) is 17.8 Å². The maximum Gasteiger partial charge on any atom is -0.00145 e. The molecule has 3 unspecified atom stereocenters. The van der Waals surface area contributed by atoms with Crippen molar-refractivity contribution in [3.8, 4) is 0 Å². The van der Waals surface area contributed by atoms with Gasteiger partial charge in [-0.3, -0.25) is 0 Å². The average Bonchev–Trinajstić information content (AvgIpc) is 2.54. The highest BCUT2D eigenvalue weighted by molar-refractivity contribution is 5.29. The minimum absolute atomic E-state index is 0.815. The molecule has 0 nitrogen and oxygen atoms in total. The first-order valence-electron chi connectivity index (χ1n) is 4.71. The molecule has 0 aromatic carbocycles. The molecule has 60 valence electrons. The van der Waals surface area contributed by atoms with Crippen LogP contribution in [-0.2, 0) is 0 Å². The summed E-state index contributed by atoms with van der Waals surface area (Å²) >= 11 is 0. The number of allylic oxidation sites excluding steroid dienone is 4. The van der Waals surface area contributed by atoms with Crippen molar-refractivity contribution in [3.05, 3.63) is 23.8 Å². The van der Waals surface area contributed by atoms with E-state index in [0.29, 0.717) is 0 Å². The quantitative estimate of drug-likeness (QED) is 0.501. The van der Waals surface area contributed by atoms with Crippen LogP contribution in [0.3, 0.4) is 0 Å². The lowest BCUT2D eigenvalue weighted by molar-refractivity contribution is 0.555. The Morgan fingerprint density at radius 2 is 2.36 bits per heavy atom. The van der Waals surface area contributed by atoms with Crippen molar-refractivity contribution in [2.24, 2.45) is 17.8 Å². The molecule has 0 aliphatic heterocycles. The van der Waals surface area contributed by atoms with E-state index in [1.54, 1.807) is 5.57 Å². The van der Waals surface area contributed by atoms with Crippen LogP contribution in [0.1, 0.15) is 26.7 Å². The molecule has 0 heterocycles. The molecule has 0 amide bonds. The third-order valence-electron chi connectivity index (χ3n) is 3.15. The molecule has 0 N–H and O–H groups in total. The monoisotopic (exact) mass is 148 g/mol. The van der Waals surface area contributed by atoms with Crippen molar-refractivity contribution < 1.29 is 0 Å². The Labute approximate surface area is 69.0 Å². The summed E-state index contributed by atoms with van der Waals surface area (Å²) in [5.41, 5.74) is 1.71. The second-order valence-electron chi connectivity index (χ2n) is 3.79. The van der Waals surface area contributed by atoms with Crippen LogP contribution < -0.4 is 0 Å². The Hall–Kier alpha value is -0.520. The third kappa shape index (κ3) is 0.962. The van der Waals surface area contributed by atoms with Gasteiger partial charge >= 0.3 is 0 Å². The highest BCUT2D eigenvalue weighted by Gasteiger charge is 2.36. The molecular formula is C11H16. The predicted octanol–water partition coefficient (Wildman–Crippen LogP) is 3.16. The van der Waals surface area contributed by atoms with Gasteiger partial charge in [0.15, 0.2) is 0 Å². The molecule has 0 aromatic rings. The van der Waals surface area contributed by atoms with Crippen molar-refractivity contribution >= 4 is 0 Å². The lowest BCUT2D eigenvalue weighted by Crippen LogP contribution is -2.05. The summed E-state index contributed by atoms with van der Waals surface area (Å²) in [6.45, 7) is 4.60. The molecule has 0 heteroatoms. The maximum absolute atomic E-state index is 2.43. The molecule has 2 rings (SSSR count). The molecule has 1 fully saturated rings. The summed E-state index contributed by atoms with van der Waals surface area (Å²) in [4.78, 5) is 0. The van der Waals surface area contributed by atoms with Crippen LogP contribution in [0.25, 0.3) is 0 Å². The Bertz CT molecular complexity index is 210. The normalized spacial score (nSPS) is 44.2. The Kier molecular flexibility index (Phi) is 1.63. The van der Waals surface area contributed by atoms with Crippen LogP contribution in [0, 0.1) is 17.8 Å². The van der Waals surface area contributed by atoms with E-state index < -0.39 is 0 Å². The molecule has 11 heavy (non-hydrogen) atoms. The van der Waals surface area contributed by atoms with Gasteiger partial charge in [0.2, 0.25) is 0 Å². The second-order valence-corrected chi connectivity index (χ2v) is 3.79. The van der Waals surface area contributed by atoms with Crippen molar-refractivity contribution in [2.45, 2.75) is 26.7 Å². The van der Waals surface area contributed by atoms with Gasteiger partial charge in [0.25, 0.3) is 0 Å². The second kappa shape index (κ2) is 2.51. The maximum atomic E-state index is 2.43. The van der Waals surface area contributed by atoms with E-state index in [2.05, 4.69) is 32.1 Å². The zero-order valence-electron chi connectivity index (χ0n) is 7.38. The minimum Gasteiger partial charge on any atom is -0.0847 e. The molecule has 0 saturated heterocycles. The number of hydrogen-bond acceptors (Lipinski definition) is 0. The number of rotatable bonds is 1. The SMILES string of the molecule is CC/C=C1\C2C=CC(C2)C1C. The lowest BCUT2D eigenvalue weighted by atomic mass is 9.90. The summed E-state index contributed by atoms with van der Waals surface area (Å²) in [6, 6.07) is 0. The van der Waals surface area contributed by atoms with Gasteiger partial charge in [0, 0.05) is 0 Å². The van der Waals surface area contributed by atoms with E-state index in [-0.39, 0.29) is 0 Å². The number of hydrogen-bond donors (Lipinski definition) is 0. The standard InChI is InChI=1S/C11H16/c1-3-4-11-8(2)9-5-6-10(11)7-9/h4-6,8-10H,3,7H2,1-2H3/b11-4-. The first-order valence-corrected chi connectivity index (χ1v) is 4.71. The fraction of sp³-hybridized carbons (Fsp3) is 0.636. The largest absolute Gasteiger partial charge is 0.0847 e. The molecule has 0 radical (unpaired) electrons. The molecular weight excluding hydrogens is 132 g/mol. The van der Waals surface area contributed by atoms with Crippen molar-refractivity contribution in [3.63, 3.8) is 0 Å². The van der Waals surface area contributed by atoms with E-state index in [1.807, 2.05) is 0 Å². The summed E-state index contributed by atoms with van der Waals surface area (Å²) in [6.07, 6.45) is 9.83. The van der Waals surface area contributed by atoms with Crippen LogP contribution in [0.4, 0.5) is 0 Å². The third-order valence-corrected chi connectivity index (χ3v) is 3.15. The van der Waals surface area contributed by atoms with Gasteiger partial charge in [-0.1, -0.05) is 37.6 Å². The van der Waals surface area contributed by atoms with Gasteiger partial charge in [-0.05, 0) is 30.6 Å². The summed E-state index contributed by atoms with van der Waals surface area (Å²) in [5, 5.41) is 0. The fourth-order valence-electron chi connectivity index (χ4n) is 2.50. The van der Waals surface area contributed by atoms with E-state index in [9.17, 15) is 0 Å². The highest BCUT2D eigenvalue weighted by Crippen LogP contribution is 2.47. The number of fused-ring (bicyclic) bond motifs is 2. The first kappa shape index (κ1) is 7.15. The van der Waals surface area contributed by atoms with Crippen molar-refractivity contribution in [2.75, 3.05) is 0 Å². The van der Waals surface area contributed by atoms with Crippen molar-refractivity contribution in [1.29, 1.82) is 0 Å². The molecule has 0 spiro atoms. The molecule has 0 aromatic heterocycles. The van der Waals surface area contributed by atoms with Crippen LogP contribution >= 0.6 is 0 Å². The van der Waals surface area contributed by atoms with Crippen LogP contribution in [-0.4, -0.2) is 0 Å². The fourth-order valence-corrected chi connectivity index (χ4v) is 2.50. The van der Waals surface area contributed by atoms with Gasteiger partial charge in [0.05, 0.1) is 0 Å². The van der Waals surface area contributed by atoms with Gasteiger partial charge in [-0.25, -0.2) is 0 Å². The Morgan fingerprint density at radius 3 is 2.91 bits per heavy atom. The molecule has 2 bridgehead atoms. The van der Waals surface area contributed by atoms with Crippen LogP contribution in [0.2, 0.25) is 0 Å². The zero-order valence-corrected chi connectivity index (χ0v) is 7.38. The highest BCUT2D eigenvalue weighted by atomic mass is 14.4. The minimum atomic E-state index is 0.815. The summed E-state index contributed by atoms with van der Waals surface area (Å²) < 4.78 is 0. The summed E-state index contributed by atoms with van der Waals surface area (Å²) in [5.74, 6) is 2.53. The molecule has 2 aliphatic carbocycles. The Balaban J connectivity index is 2.25. The van der Waals surface area contributed by atoms with Crippen molar-refractivity contribution in [1.82, 2.24) is 0 Å². The molecule has 2 aliphatic rings. The first-order chi connectivity index (χ1) is 5.33. The molecule has 1 saturated carbocycles. The smallest absolute Gasteiger partial charge is 0.00145 e. The van der Waals surface area contributed by atoms with Gasteiger partial charge in [0.1, 0.15) is 0 Å². The van der Waals surface area contributed by atoms with Gasteiger partial charge < -0.3 is 0 Å². The summed E-state index contributed by atoms with van der Waals surface area (Å²) in [7, 11) is 0. The lowest BCUT2D eigenvalue weighted by Gasteiger charge is -2.16. The Morgan fingerprint density at radius 1 is 1.55 bits per heavy atom. The topological polar surface area (TPSA) is 0 Å². The average molecular weight is 148 g/mol. The van der Waals surface area contributed by atoms with E-state index in [4.69, 9.17) is 0 Å². The van der Waals surface area contributed by atoms with Gasteiger partial charge in [-0.15, -0.1) is 0 Å². The van der Waals surface area contributed by atoms with E-state index >= 15 is 0 Å². The zero-order chi connectivity index (χ0) is 7.84. The van der Waals surface area contributed by atoms with E-state index in [1.165, 1.54) is 12.8 Å².